The maximum absolute atomic E-state index is 12.1. The van der Waals surface area contributed by atoms with Gasteiger partial charge in [-0.1, -0.05) is 19.8 Å². The fraction of sp³-hybridized carbons (Fsp3) is 0.727. The van der Waals surface area contributed by atoms with E-state index in [-0.39, 0.29) is 12.5 Å². The zero-order chi connectivity index (χ0) is 13.9. The summed E-state index contributed by atoms with van der Waals surface area (Å²) in [5.74, 6) is -1.09. The van der Waals surface area contributed by atoms with Gasteiger partial charge < -0.3 is 16.8 Å². The Hall–Kier alpha value is -1.63. The molecular formula is C11H20N4O3. The monoisotopic (exact) mass is 256 g/mol. The van der Waals surface area contributed by atoms with Crippen LogP contribution in [0.5, 0.6) is 0 Å². The van der Waals surface area contributed by atoms with E-state index in [1.165, 1.54) is 0 Å². The lowest BCUT2D eigenvalue weighted by atomic mass is 9.95. The molecule has 5 N–H and O–H groups in total. The molecule has 0 spiro atoms. The molecule has 0 aromatic carbocycles. The fourth-order valence-electron chi connectivity index (χ4n) is 1.90. The molecular weight excluding hydrogens is 236 g/mol. The predicted molar refractivity (Wildman–Crippen MR) is 65.3 cm³/mol. The van der Waals surface area contributed by atoms with E-state index >= 15 is 0 Å². The van der Waals surface area contributed by atoms with Gasteiger partial charge in [0.25, 0.3) is 5.91 Å². The first-order valence-electron chi connectivity index (χ1n) is 6.01. The lowest BCUT2D eigenvalue weighted by Gasteiger charge is -2.21. The average molecular weight is 256 g/mol. The van der Waals surface area contributed by atoms with E-state index < -0.39 is 23.5 Å². The molecule has 1 aliphatic rings. The Morgan fingerprint density at radius 2 is 2.11 bits per heavy atom. The zero-order valence-corrected chi connectivity index (χ0v) is 10.7. The molecule has 2 atom stereocenters. The number of nitrogens with one attached hydrogen (secondary N) is 1. The van der Waals surface area contributed by atoms with Crippen LogP contribution < -0.4 is 16.8 Å². The number of carbonyl (C=O) groups is 3. The summed E-state index contributed by atoms with van der Waals surface area (Å²) in [5.41, 5.74) is 9.58. The van der Waals surface area contributed by atoms with E-state index in [9.17, 15) is 14.4 Å². The van der Waals surface area contributed by atoms with E-state index in [2.05, 4.69) is 5.32 Å². The first kappa shape index (κ1) is 14.4. The molecule has 1 fully saturated rings. The van der Waals surface area contributed by atoms with Gasteiger partial charge in [-0.2, -0.15) is 0 Å². The van der Waals surface area contributed by atoms with Gasteiger partial charge in [0.05, 0.1) is 6.54 Å². The van der Waals surface area contributed by atoms with Crippen LogP contribution in [0, 0.1) is 0 Å². The topological polar surface area (TPSA) is 119 Å². The van der Waals surface area contributed by atoms with E-state index in [1.807, 2.05) is 6.92 Å². The van der Waals surface area contributed by atoms with Gasteiger partial charge in [0, 0.05) is 0 Å². The molecule has 1 saturated heterocycles. The van der Waals surface area contributed by atoms with Gasteiger partial charge in [0.1, 0.15) is 11.6 Å². The second kappa shape index (κ2) is 5.34. The summed E-state index contributed by atoms with van der Waals surface area (Å²) in [4.78, 5) is 35.7. The summed E-state index contributed by atoms with van der Waals surface area (Å²) in [6, 6.07) is -1.55. The number of nitrogens with two attached hydrogens (primary N) is 2. The minimum absolute atomic E-state index is 0.179. The number of carbonyl (C=O) groups excluding carboxylic acids is 3. The number of primary amides is 1. The van der Waals surface area contributed by atoms with Crippen molar-refractivity contribution in [2.75, 3.05) is 6.54 Å². The van der Waals surface area contributed by atoms with Gasteiger partial charge in [-0.25, -0.2) is 4.79 Å². The highest BCUT2D eigenvalue weighted by Gasteiger charge is 2.47. The third-order valence-electron chi connectivity index (χ3n) is 3.12. The van der Waals surface area contributed by atoms with E-state index in [0.29, 0.717) is 6.42 Å². The summed E-state index contributed by atoms with van der Waals surface area (Å²) in [5, 5.41) is 2.64. The highest BCUT2D eigenvalue weighted by Crippen LogP contribution is 2.23. The molecule has 0 aliphatic carbocycles. The lowest BCUT2D eigenvalue weighted by molar-refractivity contribution is -0.131. The van der Waals surface area contributed by atoms with Gasteiger partial charge in [-0.3, -0.25) is 14.5 Å². The molecule has 4 amide bonds. The number of rotatable bonds is 6. The molecule has 1 rings (SSSR count). The molecule has 7 nitrogen and oxygen atoms in total. The van der Waals surface area contributed by atoms with Crippen LogP contribution >= 0.6 is 0 Å². The molecule has 2 unspecified atom stereocenters. The Bertz CT molecular complexity index is 371. The predicted octanol–water partition coefficient (Wildman–Crippen LogP) is -0.700. The molecule has 0 bridgehead atoms. The maximum Gasteiger partial charge on any atom is 0.325 e. The molecule has 18 heavy (non-hydrogen) atoms. The first-order valence-corrected chi connectivity index (χ1v) is 6.01. The minimum Gasteiger partial charge on any atom is -0.368 e. The van der Waals surface area contributed by atoms with E-state index in [4.69, 9.17) is 11.5 Å². The third kappa shape index (κ3) is 2.79. The minimum atomic E-state index is -1.03. The number of urea groups is 1. The molecule has 0 radical (unpaired) electrons. The van der Waals surface area contributed by atoms with Crippen molar-refractivity contribution in [2.45, 2.75) is 44.7 Å². The average Bonchev–Trinajstić information content (AvgIpc) is 2.50. The molecule has 0 saturated carbocycles. The largest absolute Gasteiger partial charge is 0.368 e. The standard InChI is InChI=1S/C11H20N4O3/c1-3-4-5-11(2)9(17)15(10(18)14-11)6-7(12)8(13)16/h7H,3-6,12H2,1-2H3,(H2,13,16)(H,14,18). The Balaban J connectivity index is 2.75. The Morgan fingerprint density at radius 1 is 1.50 bits per heavy atom. The molecule has 1 heterocycles. The highest BCUT2D eigenvalue weighted by molar-refractivity contribution is 6.07. The number of unbranched alkanes of at least 4 members (excludes halogenated alkanes) is 1. The quantitative estimate of drug-likeness (QED) is 0.544. The highest BCUT2D eigenvalue weighted by atomic mass is 16.2. The SMILES string of the molecule is CCCCC1(C)NC(=O)N(CC(N)C(N)=O)C1=O. The van der Waals surface area contributed by atoms with Crippen LogP contribution in [0.4, 0.5) is 4.79 Å². The van der Waals surface area contributed by atoms with Crippen LogP contribution in [0.15, 0.2) is 0 Å². The van der Waals surface area contributed by atoms with Crippen molar-refractivity contribution in [1.82, 2.24) is 10.2 Å². The molecule has 7 heteroatoms. The van der Waals surface area contributed by atoms with Crippen molar-refractivity contribution in [2.24, 2.45) is 11.5 Å². The normalized spacial score (nSPS) is 25.2. The summed E-state index contributed by atoms with van der Waals surface area (Å²) in [7, 11) is 0. The number of imide groups is 1. The third-order valence-corrected chi connectivity index (χ3v) is 3.12. The van der Waals surface area contributed by atoms with Crippen LogP contribution in [-0.2, 0) is 9.59 Å². The molecule has 0 aromatic rings. The van der Waals surface area contributed by atoms with Gasteiger partial charge in [0.15, 0.2) is 0 Å². The first-order chi connectivity index (χ1) is 8.31. The summed E-state index contributed by atoms with van der Waals surface area (Å²) in [6.45, 7) is 3.51. The molecule has 1 aliphatic heterocycles. The van der Waals surface area contributed by atoms with E-state index in [0.717, 1.165) is 17.7 Å². The molecule has 102 valence electrons. The van der Waals surface area contributed by atoms with E-state index in [1.54, 1.807) is 6.92 Å². The zero-order valence-electron chi connectivity index (χ0n) is 10.7. The summed E-state index contributed by atoms with van der Waals surface area (Å²) >= 11 is 0. The molecule has 0 aromatic heterocycles. The van der Waals surface area contributed by atoms with Crippen molar-refractivity contribution >= 4 is 17.8 Å². The van der Waals surface area contributed by atoms with Crippen LogP contribution in [0.25, 0.3) is 0 Å². The van der Waals surface area contributed by atoms with Crippen molar-refractivity contribution in [3.8, 4) is 0 Å². The number of nitrogens with zero attached hydrogens (tertiary/aromatic N) is 1. The van der Waals surface area contributed by atoms with Crippen LogP contribution in [0.3, 0.4) is 0 Å². The maximum atomic E-state index is 12.1. The Labute approximate surface area is 106 Å². The van der Waals surface area contributed by atoms with Crippen molar-refractivity contribution in [1.29, 1.82) is 0 Å². The van der Waals surface area contributed by atoms with Crippen molar-refractivity contribution in [3.63, 3.8) is 0 Å². The number of hydrogen-bond acceptors (Lipinski definition) is 4. The lowest BCUT2D eigenvalue weighted by Crippen LogP contribution is -2.49. The Kier molecular flexibility index (Phi) is 4.28. The second-order valence-corrected chi connectivity index (χ2v) is 4.79. The van der Waals surface area contributed by atoms with Crippen molar-refractivity contribution in [3.05, 3.63) is 0 Å². The fourth-order valence-corrected chi connectivity index (χ4v) is 1.90. The van der Waals surface area contributed by atoms with Gasteiger partial charge in [-0.15, -0.1) is 0 Å². The van der Waals surface area contributed by atoms with Gasteiger partial charge in [-0.05, 0) is 13.3 Å². The van der Waals surface area contributed by atoms with Crippen molar-refractivity contribution < 1.29 is 14.4 Å². The van der Waals surface area contributed by atoms with Gasteiger partial charge in [0.2, 0.25) is 5.91 Å². The summed E-state index contributed by atoms with van der Waals surface area (Å²) < 4.78 is 0. The van der Waals surface area contributed by atoms with Crippen LogP contribution in [0.1, 0.15) is 33.1 Å². The summed E-state index contributed by atoms with van der Waals surface area (Å²) in [6.07, 6.45) is 2.33. The smallest absolute Gasteiger partial charge is 0.325 e. The Morgan fingerprint density at radius 3 is 2.61 bits per heavy atom. The van der Waals surface area contributed by atoms with Crippen LogP contribution in [0.2, 0.25) is 0 Å². The number of hydrogen-bond donors (Lipinski definition) is 3. The second-order valence-electron chi connectivity index (χ2n) is 4.79. The van der Waals surface area contributed by atoms with Crippen LogP contribution in [-0.4, -0.2) is 40.9 Å². The van der Waals surface area contributed by atoms with Gasteiger partial charge >= 0.3 is 6.03 Å². The number of amides is 4.